The molecule has 0 saturated heterocycles. The van der Waals surface area contributed by atoms with Crippen LogP contribution in [-0.4, -0.2) is 20.3 Å². The summed E-state index contributed by atoms with van der Waals surface area (Å²) in [6.07, 6.45) is 0. The van der Waals surface area contributed by atoms with E-state index in [4.69, 9.17) is 9.47 Å². The quantitative estimate of drug-likeness (QED) is 0.583. The van der Waals surface area contributed by atoms with E-state index < -0.39 is 0 Å². The molecule has 0 saturated carbocycles. The third kappa shape index (κ3) is 4.47. The molecule has 0 amide bonds. The van der Waals surface area contributed by atoms with Crippen LogP contribution < -0.4 is 10.1 Å². The van der Waals surface area contributed by atoms with Gasteiger partial charge in [0.1, 0.15) is 11.5 Å². The Kier molecular flexibility index (Phi) is 6.29. The first kappa shape index (κ1) is 15.3. The average molecular weight is 383 g/mol. The number of nitrogens with one attached hydrogen (secondary N) is 1. The lowest BCUT2D eigenvalue weighted by Gasteiger charge is -2.12. The van der Waals surface area contributed by atoms with Crippen molar-refractivity contribution in [1.82, 2.24) is 5.32 Å². The van der Waals surface area contributed by atoms with Crippen LogP contribution >= 0.6 is 22.6 Å². The summed E-state index contributed by atoms with van der Waals surface area (Å²) in [6, 6.07) is 16.1. The molecule has 4 heteroatoms. The molecule has 2 aromatic carbocycles. The largest absolute Gasteiger partial charge is 0.456 e. The fourth-order valence-corrected chi connectivity index (χ4v) is 2.29. The Morgan fingerprint density at radius 1 is 1.00 bits per heavy atom. The first-order valence-corrected chi connectivity index (χ1v) is 7.59. The highest BCUT2D eigenvalue weighted by atomic mass is 127. The molecule has 3 nitrogen and oxygen atoms in total. The highest BCUT2D eigenvalue weighted by Gasteiger charge is 2.06. The van der Waals surface area contributed by atoms with E-state index >= 15 is 0 Å². The topological polar surface area (TPSA) is 30.5 Å². The average Bonchev–Trinajstić information content (AvgIpc) is 2.47. The Morgan fingerprint density at radius 2 is 1.70 bits per heavy atom. The van der Waals surface area contributed by atoms with Gasteiger partial charge in [0, 0.05) is 25.8 Å². The number of benzene rings is 2. The van der Waals surface area contributed by atoms with Crippen molar-refractivity contribution in [2.24, 2.45) is 0 Å². The van der Waals surface area contributed by atoms with Crippen molar-refractivity contribution in [2.75, 3.05) is 20.3 Å². The minimum absolute atomic E-state index is 0.708. The van der Waals surface area contributed by atoms with E-state index in [0.717, 1.165) is 33.7 Å². The fraction of sp³-hybridized carbons (Fsp3) is 0.250. The molecule has 0 aliphatic heterocycles. The third-order valence-corrected chi connectivity index (χ3v) is 3.72. The van der Waals surface area contributed by atoms with Crippen LogP contribution in [-0.2, 0) is 11.3 Å². The molecule has 0 fully saturated rings. The molecule has 0 bridgehead atoms. The highest BCUT2D eigenvalue weighted by molar-refractivity contribution is 14.1. The highest BCUT2D eigenvalue weighted by Crippen LogP contribution is 2.28. The van der Waals surface area contributed by atoms with Gasteiger partial charge in [-0.3, -0.25) is 0 Å². The Bertz CT molecular complexity index is 546. The van der Waals surface area contributed by atoms with Crippen LogP contribution in [0.4, 0.5) is 0 Å². The van der Waals surface area contributed by atoms with Gasteiger partial charge in [-0.15, -0.1) is 0 Å². The van der Waals surface area contributed by atoms with Gasteiger partial charge in [-0.1, -0.05) is 30.3 Å². The zero-order valence-electron chi connectivity index (χ0n) is 11.4. The smallest absolute Gasteiger partial charge is 0.140 e. The van der Waals surface area contributed by atoms with E-state index in [-0.39, 0.29) is 0 Å². The number of halogens is 1. The summed E-state index contributed by atoms with van der Waals surface area (Å²) >= 11 is 2.28. The van der Waals surface area contributed by atoms with Gasteiger partial charge < -0.3 is 14.8 Å². The normalized spacial score (nSPS) is 10.5. The van der Waals surface area contributed by atoms with Gasteiger partial charge in [0.2, 0.25) is 0 Å². The van der Waals surface area contributed by atoms with E-state index in [1.54, 1.807) is 7.11 Å². The SMILES string of the molecule is COCCNCc1ccccc1Oc1ccccc1I. The molecule has 0 heterocycles. The molecule has 0 radical (unpaired) electrons. The molecule has 0 aliphatic rings. The maximum absolute atomic E-state index is 6.02. The Labute approximate surface area is 133 Å². The zero-order chi connectivity index (χ0) is 14.2. The molecule has 0 spiro atoms. The summed E-state index contributed by atoms with van der Waals surface area (Å²) in [6.45, 7) is 2.30. The number of hydrogen-bond donors (Lipinski definition) is 1. The fourth-order valence-electron chi connectivity index (χ4n) is 1.79. The van der Waals surface area contributed by atoms with Gasteiger partial charge in [-0.05, 0) is 40.8 Å². The summed E-state index contributed by atoms with van der Waals surface area (Å²) in [4.78, 5) is 0. The first-order chi connectivity index (χ1) is 9.81. The third-order valence-electron chi connectivity index (χ3n) is 2.83. The second-order valence-corrected chi connectivity index (χ2v) is 5.47. The van der Waals surface area contributed by atoms with Gasteiger partial charge in [-0.25, -0.2) is 0 Å². The molecule has 0 unspecified atom stereocenters. The lowest BCUT2D eigenvalue weighted by molar-refractivity contribution is 0.199. The van der Waals surface area contributed by atoms with Gasteiger partial charge in [0.15, 0.2) is 0 Å². The molecule has 0 aliphatic carbocycles. The van der Waals surface area contributed by atoms with Crippen molar-refractivity contribution in [1.29, 1.82) is 0 Å². The molecule has 20 heavy (non-hydrogen) atoms. The van der Waals surface area contributed by atoms with E-state index in [1.165, 1.54) is 0 Å². The zero-order valence-corrected chi connectivity index (χ0v) is 13.6. The molecule has 2 rings (SSSR count). The summed E-state index contributed by atoms with van der Waals surface area (Å²) in [5, 5.41) is 3.34. The summed E-state index contributed by atoms with van der Waals surface area (Å²) in [5.41, 5.74) is 1.14. The van der Waals surface area contributed by atoms with Crippen molar-refractivity contribution in [3.8, 4) is 11.5 Å². The monoisotopic (exact) mass is 383 g/mol. The minimum Gasteiger partial charge on any atom is -0.456 e. The molecular formula is C16H18INO2. The van der Waals surface area contributed by atoms with Crippen LogP contribution in [0.3, 0.4) is 0 Å². The maximum Gasteiger partial charge on any atom is 0.140 e. The standard InChI is InChI=1S/C16H18INO2/c1-19-11-10-18-12-13-6-2-4-8-15(13)20-16-9-5-3-7-14(16)17/h2-9,18H,10-12H2,1H3. The van der Waals surface area contributed by atoms with Crippen LogP contribution in [0, 0.1) is 3.57 Å². The van der Waals surface area contributed by atoms with Crippen molar-refractivity contribution < 1.29 is 9.47 Å². The molecule has 2 aromatic rings. The van der Waals surface area contributed by atoms with E-state index in [1.807, 2.05) is 42.5 Å². The van der Waals surface area contributed by atoms with Crippen molar-refractivity contribution in [2.45, 2.75) is 6.54 Å². The van der Waals surface area contributed by atoms with Gasteiger partial charge in [0.25, 0.3) is 0 Å². The van der Waals surface area contributed by atoms with E-state index in [0.29, 0.717) is 6.61 Å². The Hall–Kier alpha value is -1.11. The Morgan fingerprint density at radius 3 is 2.45 bits per heavy atom. The van der Waals surface area contributed by atoms with Gasteiger partial charge in [0.05, 0.1) is 10.2 Å². The molecule has 106 valence electrons. The number of rotatable bonds is 7. The molecule has 1 N–H and O–H groups in total. The first-order valence-electron chi connectivity index (χ1n) is 6.51. The second-order valence-electron chi connectivity index (χ2n) is 4.31. The lowest BCUT2D eigenvalue weighted by Crippen LogP contribution is -2.18. The van der Waals surface area contributed by atoms with Crippen LogP contribution in [0.2, 0.25) is 0 Å². The number of hydrogen-bond acceptors (Lipinski definition) is 3. The minimum atomic E-state index is 0.708. The van der Waals surface area contributed by atoms with E-state index in [2.05, 4.69) is 34.0 Å². The van der Waals surface area contributed by atoms with Gasteiger partial charge in [-0.2, -0.15) is 0 Å². The van der Waals surface area contributed by atoms with Crippen molar-refractivity contribution in [3.05, 3.63) is 57.7 Å². The van der Waals surface area contributed by atoms with Crippen molar-refractivity contribution in [3.63, 3.8) is 0 Å². The molecule has 0 aromatic heterocycles. The summed E-state index contributed by atoms with van der Waals surface area (Å²) < 4.78 is 12.1. The van der Waals surface area contributed by atoms with Crippen molar-refractivity contribution >= 4 is 22.6 Å². The molecular weight excluding hydrogens is 365 g/mol. The van der Waals surface area contributed by atoms with Crippen LogP contribution in [0.15, 0.2) is 48.5 Å². The van der Waals surface area contributed by atoms with Crippen LogP contribution in [0.25, 0.3) is 0 Å². The number of methoxy groups -OCH3 is 1. The number of para-hydroxylation sites is 2. The maximum atomic E-state index is 6.02. The summed E-state index contributed by atoms with van der Waals surface area (Å²) in [7, 11) is 1.70. The Balaban J connectivity index is 2.06. The number of ether oxygens (including phenoxy) is 2. The van der Waals surface area contributed by atoms with Crippen LogP contribution in [0.1, 0.15) is 5.56 Å². The molecule has 0 atom stereocenters. The second kappa shape index (κ2) is 8.24. The predicted octanol–water partition coefficient (Wildman–Crippen LogP) is 3.82. The predicted molar refractivity (Wildman–Crippen MR) is 89.3 cm³/mol. The lowest BCUT2D eigenvalue weighted by atomic mass is 10.2. The van der Waals surface area contributed by atoms with Crippen LogP contribution in [0.5, 0.6) is 11.5 Å². The van der Waals surface area contributed by atoms with Gasteiger partial charge >= 0.3 is 0 Å². The summed E-state index contributed by atoms with van der Waals surface area (Å²) in [5.74, 6) is 1.78. The van der Waals surface area contributed by atoms with E-state index in [9.17, 15) is 0 Å².